The summed E-state index contributed by atoms with van der Waals surface area (Å²) in [6.07, 6.45) is 4.26. The lowest BCUT2D eigenvalue weighted by atomic mass is 9.99. The van der Waals surface area contributed by atoms with Gasteiger partial charge in [0.05, 0.1) is 12.3 Å². The van der Waals surface area contributed by atoms with E-state index >= 15 is 0 Å². The van der Waals surface area contributed by atoms with E-state index in [0.717, 1.165) is 25.0 Å². The first-order chi connectivity index (χ1) is 8.54. The highest BCUT2D eigenvalue weighted by molar-refractivity contribution is 5.82. The van der Waals surface area contributed by atoms with Crippen LogP contribution in [0.2, 0.25) is 0 Å². The van der Waals surface area contributed by atoms with Crippen molar-refractivity contribution in [1.82, 2.24) is 5.32 Å². The Morgan fingerprint density at radius 2 is 2.22 bits per heavy atom. The molecule has 1 rings (SSSR count). The molecule has 0 saturated heterocycles. The number of rotatable bonds is 7. The van der Waals surface area contributed by atoms with Gasteiger partial charge in [-0.05, 0) is 31.4 Å². The van der Waals surface area contributed by atoms with E-state index in [4.69, 9.17) is 10.2 Å². The van der Waals surface area contributed by atoms with Crippen molar-refractivity contribution in [3.05, 3.63) is 24.2 Å². The minimum atomic E-state index is -0.416. The van der Waals surface area contributed by atoms with Crippen LogP contribution in [-0.4, -0.2) is 18.0 Å². The maximum atomic E-state index is 11.9. The molecular weight excluding hydrogens is 228 g/mol. The lowest BCUT2D eigenvalue weighted by Gasteiger charge is -2.20. The van der Waals surface area contributed by atoms with E-state index in [9.17, 15) is 4.79 Å². The number of hydrogen-bond acceptors (Lipinski definition) is 3. The molecule has 0 saturated carbocycles. The molecule has 1 amide bonds. The number of carbonyl (C=O) groups is 1. The monoisotopic (exact) mass is 252 g/mol. The van der Waals surface area contributed by atoms with Crippen molar-refractivity contribution in [2.75, 3.05) is 0 Å². The molecule has 1 unspecified atom stereocenters. The lowest BCUT2D eigenvalue weighted by Crippen LogP contribution is -2.47. The number of nitrogens with two attached hydrogens (primary N) is 1. The molecule has 1 aromatic heterocycles. The van der Waals surface area contributed by atoms with Crippen LogP contribution in [0.5, 0.6) is 0 Å². The summed E-state index contributed by atoms with van der Waals surface area (Å²) in [5.74, 6) is 1.10. The van der Waals surface area contributed by atoms with Crippen molar-refractivity contribution in [2.24, 2.45) is 11.7 Å². The third kappa shape index (κ3) is 4.53. The van der Waals surface area contributed by atoms with Crippen molar-refractivity contribution in [2.45, 2.75) is 52.1 Å². The summed E-state index contributed by atoms with van der Waals surface area (Å²) in [6.45, 7) is 6.03. The third-order valence-corrected chi connectivity index (χ3v) is 3.35. The predicted molar refractivity (Wildman–Crippen MR) is 72.1 cm³/mol. The molecule has 0 aromatic carbocycles. The highest BCUT2D eigenvalue weighted by atomic mass is 16.3. The summed E-state index contributed by atoms with van der Waals surface area (Å²) in [7, 11) is 0. The number of carbonyl (C=O) groups excluding carboxylic acids is 1. The smallest absolute Gasteiger partial charge is 0.237 e. The van der Waals surface area contributed by atoms with E-state index in [1.54, 1.807) is 6.26 Å². The Kier molecular flexibility index (Phi) is 5.92. The van der Waals surface area contributed by atoms with Crippen LogP contribution in [0, 0.1) is 5.92 Å². The maximum absolute atomic E-state index is 11.9. The molecule has 3 N–H and O–H groups in total. The van der Waals surface area contributed by atoms with Gasteiger partial charge in [-0.3, -0.25) is 4.79 Å². The molecule has 18 heavy (non-hydrogen) atoms. The summed E-state index contributed by atoms with van der Waals surface area (Å²) in [4.78, 5) is 11.9. The van der Waals surface area contributed by atoms with Crippen LogP contribution in [0.4, 0.5) is 0 Å². The van der Waals surface area contributed by atoms with Gasteiger partial charge in [0.1, 0.15) is 5.76 Å². The molecule has 0 aliphatic rings. The van der Waals surface area contributed by atoms with E-state index in [1.165, 1.54) is 0 Å². The average Bonchev–Trinajstić information content (AvgIpc) is 2.87. The summed E-state index contributed by atoms with van der Waals surface area (Å²) >= 11 is 0. The van der Waals surface area contributed by atoms with E-state index < -0.39 is 6.04 Å². The second-order valence-electron chi connectivity index (χ2n) is 4.94. The molecular formula is C14H24N2O2. The number of hydrogen-bond donors (Lipinski definition) is 2. The third-order valence-electron chi connectivity index (χ3n) is 3.35. The van der Waals surface area contributed by atoms with Gasteiger partial charge < -0.3 is 15.5 Å². The Bertz CT molecular complexity index is 349. The van der Waals surface area contributed by atoms with Gasteiger partial charge in [-0.1, -0.05) is 20.3 Å². The Balaban J connectivity index is 2.31. The fourth-order valence-corrected chi connectivity index (χ4v) is 1.74. The minimum Gasteiger partial charge on any atom is -0.469 e. The predicted octanol–water partition coefficient (Wildman–Crippen LogP) is 2.09. The molecule has 0 bridgehead atoms. The second-order valence-corrected chi connectivity index (χ2v) is 4.94. The molecule has 0 aliphatic carbocycles. The van der Waals surface area contributed by atoms with Gasteiger partial charge in [0.25, 0.3) is 0 Å². The largest absolute Gasteiger partial charge is 0.469 e. The first-order valence-electron chi connectivity index (χ1n) is 6.63. The van der Waals surface area contributed by atoms with Crippen molar-refractivity contribution in [3.8, 4) is 0 Å². The van der Waals surface area contributed by atoms with Gasteiger partial charge in [0.2, 0.25) is 5.91 Å². The summed E-state index contributed by atoms with van der Waals surface area (Å²) in [6, 6.07) is 3.51. The number of furan rings is 1. The quantitative estimate of drug-likeness (QED) is 0.780. The second kappa shape index (κ2) is 7.21. The van der Waals surface area contributed by atoms with E-state index in [-0.39, 0.29) is 17.9 Å². The van der Waals surface area contributed by atoms with Crippen LogP contribution < -0.4 is 11.1 Å². The Morgan fingerprint density at radius 3 is 2.78 bits per heavy atom. The molecule has 1 aromatic rings. The van der Waals surface area contributed by atoms with Crippen LogP contribution in [0.1, 0.15) is 39.4 Å². The molecule has 4 nitrogen and oxygen atoms in total. The van der Waals surface area contributed by atoms with E-state index in [2.05, 4.69) is 5.32 Å². The molecule has 4 heteroatoms. The van der Waals surface area contributed by atoms with Gasteiger partial charge in [0, 0.05) is 12.5 Å². The summed E-state index contributed by atoms with van der Waals surface area (Å²) in [5.41, 5.74) is 5.88. The van der Waals surface area contributed by atoms with Gasteiger partial charge in [-0.25, -0.2) is 0 Å². The van der Waals surface area contributed by atoms with Gasteiger partial charge in [0.15, 0.2) is 0 Å². The van der Waals surface area contributed by atoms with Crippen molar-refractivity contribution in [1.29, 1.82) is 0 Å². The average molecular weight is 252 g/mol. The van der Waals surface area contributed by atoms with Crippen LogP contribution >= 0.6 is 0 Å². The van der Waals surface area contributed by atoms with Crippen molar-refractivity contribution >= 4 is 5.91 Å². The minimum absolute atomic E-state index is 0.0590. The molecule has 0 radical (unpaired) electrons. The number of nitrogens with one attached hydrogen (secondary N) is 1. The first-order valence-corrected chi connectivity index (χ1v) is 6.63. The fraction of sp³-hybridized carbons (Fsp3) is 0.643. The normalized spacial score (nSPS) is 16.0. The topological polar surface area (TPSA) is 68.3 Å². The Hall–Kier alpha value is -1.29. The molecule has 0 spiro atoms. The van der Waals surface area contributed by atoms with E-state index in [1.807, 2.05) is 32.9 Å². The van der Waals surface area contributed by atoms with Gasteiger partial charge >= 0.3 is 0 Å². The number of aryl methyl sites for hydroxylation is 1. The van der Waals surface area contributed by atoms with Crippen LogP contribution in [0.3, 0.4) is 0 Å². The highest BCUT2D eigenvalue weighted by Gasteiger charge is 2.20. The Labute approximate surface area is 109 Å². The van der Waals surface area contributed by atoms with Gasteiger partial charge in [-0.15, -0.1) is 0 Å². The maximum Gasteiger partial charge on any atom is 0.237 e. The zero-order valence-electron chi connectivity index (χ0n) is 11.5. The molecule has 0 fully saturated rings. The van der Waals surface area contributed by atoms with Crippen LogP contribution in [0.15, 0.2) is 22.8 Å². The summed E-state index contributed by atoms with van der Waals surface area (Å²) < 4.78 is 5.25. The molecule has 0 aliphatic heterocycles. The number of amides is 1. The van der Waals surface area contributed by atoms with E-state index in [0.29, 0.717) is 0 Å². The molecule has 102 valence electrons. The first kappa shape index (κ1) is 14.8. The van der Waals surface area contributed by atoms with Crippen molar-refractivity contribution < 1.29 is 9.21 Å². The Morgan fingerprint density at radius 1 is 1.50 bits per heavy atom. The zero-order valence-corrected chi connectivity index (χ0v) is 11.5. The fourth-order valence-electron chi connectivity index (χ4n) is 1.74. The molecule has 1 heterocycles. The van der Waals surface area contributed by atoms with Crippen LogP contribution in [0.25, 0.3) is 0 Å². The standard InChI is InChI=1S/C14H24N2O2/c1-4-10(2)13(15)14(17)16-11(3)7-8-12-6-5-9-18-12/h5-6,9-11,13H,4,7-8,15H2,1-3H3,(H,16,17)/t10-,11?,13-/m0/s1. The van der Waals surface area contributed by atoms with Crippen molar-refractivity contribution in [3.63, 3.8) is 0 Å². The van der Waals surface area contributed by atoms with Crippen LogP contribution in [-0.2, 0) is 11.2 Å². The SMILES string of the molecule is CC[C@H](C)[C@H](N)C(=O)NC(C)CCc1ccco1. The highest BCUT2D eigenvalue weighted by Crippen LogP contribution is 2.08. The van der Waals surface area contributed by atoms with Gasteiger partial charge in [-0.2, -0.15) is 0 Å². The zero-order chi connectivity index (χ0) is 13.5. The summed E-state index contributed by atoms with van der Waals surface area (Å²) in [5, 5.41) is 2.95. The lowest BCUT2D eigenvalue weighted by molar-refractivity contribution is -0.124. The molecule has 3 atom stereocenters.